The Labute approximate surface area is 152 Å². The summed E-state index contributed by atoms with van der Waals surface area (Å²) in [5, 5.41) is 2.68. The van der Waals surface area contributed by atoms with E-state index in [-0.39, 0.29) is 12.1 Å². The second-order valence-corrected chi connectivity index (χ2v) is 8.06. The predicted molar refractivity (Wildman–Crippen MR) is 94.4 cm³/mol. The number of amides is 1. The van der Waals surface area contributed by atoms with Crippen LogP contribution in [0.25, 0.3) is 0 Å². The quantitative estimate of drug-likeness (QED) is 0.867. The second-order valence-electron chi connectivity index (χ2n) is 6.15. The number of nitrogens with zero attached hydrogens (tertiary/aromatic N) is 2. The molecule has 0 bridgehead atoms. The number of rotatable bonds is 5. The number of halogens is 1. The number of nitrogens with one attached hydrogen (secondary N) is 1. The summed E-state index contributed by atoms with van der Waals surface area (Å²) in [6.07, 6.45) is 5.73. The molecule has 0 radical (unpaired) electrons. The maximum atomic E-state index is 14.2. The van der Waals surface area contributed by atoms with E-state index in [4.69, 9.17) is 0 Å². The summed E-state index contributed by atoms with van der Waals surface area (Å²) in [6, 6.07) is 6.98. The molecule has 1 amide bonds. The zero-order chi connectivity index (χ0) is 18.6. The van der Waals surface area contributed by atoms with Crippen LogP contribution >= 0.6 is 0 Å². The Hall–Kier alpha value is -2.32. The van der Waals surface area contributed by atoms with E-state index in [0.29, 0.717) is 13.1 Å². The van der Waals surface area contributed by atoms with Crippen LogP contribution in [-0.4, -0.2) is 36.7 Å². The fourth-order valence-electron chi connectivity index (χ4n) is 2.87. The Morgan fingerprint density at radius 1 is 1.19 bits per heavy atom. The average molecular weight is 377 g/mol. The van der Waals surface area contributed by atoms with Gasteiger partial charge in [0.15, 0.2) is 0 Å². The summed E-state index contributed by atoms with van der Waals surface area (Å²) in [4.78, 5) is 15.8. The standard InChI is InChI=1S/C18H20FN3O3S/c19-16-7-6-15(18(23)21-13-14-5-4-8-20-12-14)11-17(16)26(24,25)22-9-2-1-3-10-22/h4-8,11-12H,1-3,9-10,13H2,(H,21,23). The molecule has 6 nitrogen and oxygen atoms in total. The maximum Gasteiger partial charge on any atom is 0.251 e. The van der Waals surface area contributed by atoms with Gasteiger partial charge in [-0.3, -0.25) is 9.78 Å². The van der Waals surface area contributed by atoms with Crippen molar-refractivity contribution in [3.8, 4) is 0 Å². The van der Waals surface area contributed by atoms with Gasteiger partial charge in [0.1, 0.15) is 10.7 Å². The predicted octanol–water partition coefficient (Wildman–Crippen LogP) is 2.33. The van der Waals surface area contributed by atoms with Crippen LogP contribution in [0.1, 0.15) is 35.2 Å². The average Bonchev–Trinajstić information content (AvgIpc) is 2.68. The van der Waals surface area contributed by atoms with Gasteiger partial charge in [0, 0.05) is 37.6 Å². The summed E-state index contributed by atoms with van der Waals surface area (Å²) in [5.41, 5.74) is 0.912. The van der Waals surface area contributed by atoms with E-state index in [1.807, 2.05) is 6.07 Å². The van der Waals surface area contributed by atoms with Crippen LogP contribution in [-0.2, 0) is 16.6 Å². The van der Waals surface area contributed by atoms with Gasteiger partial charge in [-0.15, -0.1) is 0 Å². The lowest BCUT2D eigenvalue weighted by molar-refractivity contribution is 0.0950. The normalized spacial score (nSPS) is 15.6. The molecular weight excluding hydrogens is 357 g/mol. The number of carbonyl (C=O) groups is 1. The highest BCUT2D eigenvalue weighted by atomic mass is 32.2. The van der Waals surface area contributed by atoms with Crippen LogP contribution in [0.2, 0.25) is 0 Å². The largest absolute Gasteiger partial charge is 0.348 e. The Morgan fingerprint density at radius 3 is 2.65 bits per heavy atom. The van der Waals surface area contributed by atoms with E-state index >= 15 is 0 Å². The lowest BCUT2D eigenvalue weighted by Crippen LogP contribution is -2.36. The molecule has 1 aromatic carbocycles. The zero-order valence-corrected chi connectivity index (χ0v) is 15.0. The van der Waals surface area contributed by atoms with Crippen molar-refractivity contribution < 1.29 is 17.6 Å². The third kappa shape index (κ3) is 4.08. The number of pyridine rings is 1. The van der Waals surface area contributed by atoms with E-state index in [2.05, 4.69) is 10.3 Å². The number of sulfonamides is 1. The van der Waals surface area contributed by atoms with Crippen molar-refractivity contribution in [2.45, 2.75) is 30.7 Å². The summed E-state index contributed by atoms with van der Waals surface area (Å²) >= 11 is 0. The topological polar surface area (TPSA) is 79.4 Å². The third-order valence-corrected chi connectivity index (χ3v) is 6.22. The first-order valence-electron chi connectivity index (χ1n) is 8.45. The zero-order valence-electron chi connectivity index (χ0n) is 14.2. The molecule has 0 unspecified atom stereocenters. The molecule has 8 heteroatoms. The number of benzene rings is 1. The first-order valence-corrected chi connectivity index (χ1v) is 9.89. The minimum atomic E-state index is -3.95. The highest BCUT2D eigenvalue weighted by Crippen LogP contribution is 2.24. The third-order valence-electron chi connectivity index (χ3n) is 4.30. The first-order chi connectivity index (χ1) is 12.5. The number of hydrogen-bond donors (Lipinski definition) is 1. The van der Waals surface area contributed by atoms with Crippen LogP contribution in [0.15, 0.2) is 47.6 Å². The molecule has 1 aliphatic rings. The van der Waals surface area contributed by atoms with Crippen LogP contribution in [0.4, 0.5) is 4.39 Å². The lowest BCUT2D eigenvalue weighted by Gasteiger charge is -2.26. The monoisotopic (exact) mass is 377 g/mol. The Kier molecular flexibility index (Phi) is 5.63. The fourth-order valence-corrected chi connectivity index (χ4v) is 4.48. The highest BCUT2D eigenvalue weighted by Gasteiger charge is 2.29. The number of aromatic nitrogens is 1. The van der Waals surface area contributed by atoms with Gasteiger partial charge in [-0.2, -0.15) is 4.31 Å². The van der Waals surface area contributed by atoms with Gasteiger partial charge in [-0.1, -0.05) is 12.5 Å². The molecule has 1 saturated heterocycles. The molecule has 26 heavy (non-hydrogen) atoms. The molecular formula is C18H20FN3O3S. The first kappa shape index (κ1) is 18.5. The van der Waals surface area contributed by atoms with Crippen LogP contribution in [0.3, 0.4) is 0 Å². The smallest absolute Gasteiger partial charge is 0.251 e. The molecule has 1 N–H and O–H groups in total. The van der Waals surface area contributed by atoms with Gasteiger partial charge >= 0.3 is 0 Å². The second kappa shape index (κ2) is 7.92. The number of piperidine rings is 1. The van der Waals surface area contributed by atoms with E-state index in [9.17, 15) is 17.6 Å². The lowest BCUT2D eigenvalue weighted by atomic mass is 10.2. The SMILES string of the molecule is O=C(NCc1cccnc1)c1ccc(F)c(S(=O)(=O)N2CCCCC2)c1. The molecule has 1 aromatic heterocycles. The van der Waals surface area contributed by atoms with Gasteiger partial charge in [0.05, 0.1) is 0 Å². The molecule has 0 aliphatic carbocycles. The van der Waals surface area contributed by atoms with Crippen molar-refractivity contribution in [2.75, 3.05) is 13.1 Å². The summed E-state index contributed by atoms with van der Waals surface area (Å²) in [5.74, 6) is -1.32. The van der Waals surface area contributed by atoms with Gasteiger partial charge in [0.2, 0.25) is 10.0 Å². The molecule has 2 heterocycles. The van der Waals surface area contributed by atoms with Crippen LogP contribution < -0.4 is 5.32 Å². The minimum absolute atomic E-state index is 0.103. The van der Waals surface area contributed by atoms with Crippen molar-refractivity contribution in [3.63, 3.8) is 0 Å². The van der Waals surface area contributed by atoms with Crippen molar-refractivity contribution in [1.29, 1.82) is 0 Å². The Bertz CT molecular complexity index is 882. The summed E-state index contributed by atoms with van der Waals surface area (Å²) in [7, 11) is -3.95. The maximum absolute atomic E-state index is 14.2. The fraction of sp³-hybridized carbons (Fsp3) is 0.333. The molecule has 1 fully saturated rings. The van der Waals surface area contributed by atoms with Crippen molar-refractivity contribution in [1.82, 2.24) is 14.6 Å². The highest BCUT2D eigenvalue weighted by molar-refractivity contribution is 7.89. The molecule has 0 atom stereocenters. The van der Waals surface area contributed by atoms with E-state index < -0.39 is 26.6 Å². The van der Waals surface area contributed by atoms with Gasteiger partial charge in [-0.05, 0) is 42.7 Å². The van der Waals surface area contributed by atoms with Crippen molar-refractivity contribution >= 4 is 15.9 Å². The van der Waals surface area contributed by atoms with Crippen LogP contribution in [0, 0.1) is 5.82 Å². The molecule has 0 saturated carbocycles. The molecule has 0 spiro atoms. The number of hydrogen-bond acceptors (Lipinski definition) is 4. The van der Waals surface area contributed by atoms with Crippen molar-refractivity contribution in [2.24, 2.45) is 0 Å². The van der Waals surface area contributed by atoms with E-state index in [1.165, 1.54) is 10.4 Å². The Morgan fingerprint density at radius 2 is 1.96 bits per heavy atom. The molecule has 1 aliphatic heterocycles. The van der Waals surface area contributed by atoms with E-state index in [0.717, 1.165) is 37.0 Å². The van der Waals surface area contributed by atoms with Crippen LogP contribution in [0.5, 0.6) is 0 Å². The Balaban J connectivity index is 1.79. The van der Waals surface area contributed by atoms with Gasteiger partial charge in [-0.25, -0.2) is 12.8 Å². The number of carbonyl (C=O) groups excluding carboxylic acids is 1. The molecule has 138 valence electrons. The van der Waals surface area contributed by atoms with Gasteiger partial charge in [0.25, 0.3) is 5.91 Å². The summed E-state index contributed by atoms with van der Waals surface area (Å²) < 4.78 is 40.9. The summed E-state index contributed by atoms with van der Waals surface area (Å²) in [6.45, 7) is 0.997. The van der Waals surface area contributed by atoms with Gasteiger partial charge < -0.3 is 5.32 Å². The minimum Gasteiger partial charge on any atom is -0.348 e. The van der Waals surface area contributed by atoms with E-state index in [1.54, 1.807) is 18.5 Å². The van der Waals surface area contributed by atoms with Crippen molar-refractivity contribution in [3.05, 3.63) is 59.7 Å². The molecule has 2 aromatic rings. The molecule has 3 rings (SSSR count).